The van der Waals surface area contributed by atoms with Gasteiger partial charge in [0, 0.05) is 0 Å². The van der Waals surface area contributed by atoms with Crippen molar-refractivity contribution < 1.29 is 37.7 Å². The monoisotopic (exact) mass is 275 g/mol. The Hall–Kier alpha value is 0.385. The van der Waals surface area contributed by atoms with Crippen LogP contribution in [-0.2, 0) is 0 Å². The second-order valence-corrected chi connectivity index (χ2v) is 10.3. The minimum atomic E-state index is -0.418. The molecule has 100 valence electrons. The summed E-state index contributed by atoms with van der Waals surface area (Å²) >= 11 is 0. The third kappa shape index (κ3) is 6.90. The second-order valence-electron chi connectivity index (χ2n) is 6.59. The van der Waals surface area contributed by atoms with Crippen molar-refractivity contribution in [1.82, 2.24) is 0 Å². The number of hydrogen-bond donors (Lipinski definition) is 0. The van der Waals surface area contributed by atoms with Crippen molar-refractivity contribution in [3.8, 4) is 0 Å². The number of benzene rings is 1. The molecule has 20 heavy (non-hydrogen) atoms. The quantitative estimate of drug-likeness (QED) is 0.301. The average molecular weight is 275 g/mol. The molecule has 1 rings (SSSR count). The van der Waals surface area contributed by atoms with Gasteiger partial charge < -0.3 is 11.1 Å². The molecular weight excluding hydrogens is 251 g/mol. The number of nitrogens with zero attached hydrogens (tertiary/aromatic N) is 1. The van der Waals surface area contributed by atoms with Crippen LogP contribution in [0.25, 0.3) is 5.41 Å². The normalized spacial score (nSPS) is 11.3. The van der Waals surface area contributed by atoms with Gasteiger partial charge in [0.15, 0.2) is 0 Å². The molecule has 0 radical (unpaired) electrons. The molecule has 0 aromatic heterocycles. The van der Waals surface area contributed by atoms with Gasteiger partial charge in [0.05, 0.1) is 0 Å². The molecule has 1 aromatic rings. The van der Waals surface area contributed by atoms with Crippen LogP contribution in [0.5, 0.6) is 0 Å². The largest absolute Gasteiger partial charge is 1.00 e. The summed E-state index contributed by atoms with van der Waals surface area (Å²) in [4.78, 5) is 0. The summed E-state index contributed by atoms with van der Waals surface area (Å²) in [5.41, 5.74) is 1.31. The fraction of sp³-hybridized carbons (Fsp3) is 0.500. The molecular formula is C16H24Li2NP. The first-order valence-electron chi connectivity index (χ1n) is 6.38. The molecule has 0 atom stereocenters. The Morgan fingerprint density at radius 1 is 0.900 bits per heavy atom. The van der Waals surface area contributed by atoms with Crippen LogP contribution in [0.1, 0.15) is 47.1 Å². The van der Waals surface area contributed by atoms with E-state index in [1.165, 1.54) is 0 Å². The molecule has 0 bridgehead atoms. The molecule has 0 amide bonds. The zero-order valence-electron chi connectivity index (χ0n) is 14.4. The van der Waals surface area contributed by atoms with E-state index in [1.54, 1.807) is 0 Å². The van der Waals surface area contributed by atoms with E-state index in [0.717, 1.165) is 5.56 Å². The van der Waals surface area contributed by atoms with E-state index < -0.39 is 7.92 Å². The van der Waals surface area contributed by atoms with Crippen molar-refractivity contribution in [2.75, 3.05) is 0 Å². The zero-order chi connectivity index (χ0) is 14.0. The molecule has 0 spiro atoms. The van der Waals surface area contributed by atoms with Crippen LogP contribution in [0.4, 0.5) is 0 Å². The molecule has 0 N–H and O–H groups in total. The van der Waals surface area contributed by atoms with Crippen LogP contribution < -0.4 is 37.7 Å². The summed E-state index contributed by atoms with van der Waals surface area (Å²) < 4.78 is 0. The molecule has 0 saturated heterocycles. The van der Waals surface area contributed by atoms with Gasteiger partial charge in [-0.05, 0) is 10.3 Å². The first-order chi connectivity index (χ1) is 8.12. The Bertz CT molecular complexity index is 391. The topological polar surface area (TPSA) is 22.3 Å². The molecule has 0 saturated carbocycles. The van der Waals surface area contributed by atoms with Crippen LogP contribution >= 0.6 is 7.92 Å². The average Bonchev–Trinajstić information content (AvgIpc) is 2.23. The van der Waals surface area contributed by atoms with Crippen LogP contribution in [0.15, 0.2) is 30.3 Å². The molecule has 0 aliphatic rings. The zero-order valence-corrected chi connectivity index (χ0v) is 15.3. The minimum Gasteiger partial charge on any atom is -0.836 e. The summed E-state index contributed by atoms with van der Waals surface area (Å²) in [6.07, 6.45) is 2.07. The Morgan fingerprint density at radius 2 is 1.30 bits per heavy atom. The Kier molecular flexibility index (Phi) is 9.90. The predicted octanol–water partition coefficient (Wildman–Crippen LogP) is -0.706. The van der Waals surface area contributed by atoms with E-state index in [1.807, 2.05) is 30.3 Å². The molecule has 1 aromatic carbocycles. The van der Waals surface area contributed by atoms with Gasteiger partial charge in [0.2, 0.25) is 0 Å². The maximum atomic E-state index is 10.3. The van der Waals surface area contributed by atoms with Crippen LogP contribution in [0.3, 0.4) is 0 Å². The molecule has 0 aliphatic heterocycles. The molecule has 0 heterocycles. The van der Waals surface area contributed by atoms with Crippen molar-refractivity contribution in [2.24, 2.45) is 0 Å². The molecule has 0 fully saturated rings. The van der Waals surface area contributed by atoms with Crippen molar-refractivity contribution in [3.05, 3.63) is 47.5 Å². The molecule has 0 aliphatic carbocycles. The van der Waals surface area contributed by atoms with Gasteiger partial charge in [0.25, 0.3) is 0 Å². The summed E-state index contributed by atoms with van der Waals surface area (Å²) in [5.74, 6) is 0. The summed E-state index contributed by atoms with van der Waals surface area (Å²) in [7, 11) is -0.418. The third-order valence-corrected chi connectivity index (χ3v) is 6.16. The number of rotatable bonds is 3. The summed E-state index contributed by atoms with van der Waals surface area (Å²) in [5, 5.41) is 10.7. The van der Waals surface area contributed by atoms with Crippen molar-refractivity contribution in [2.45, 2.75) is 51.9 Å². The molecule has 0 unspecified atom stereocenters. The van der Waals surface area contributed by atoms with Gasteiger partial charge in [-0.15, -0.1) is 12.1 Å². The Balaban J connectivity index is 0. The smallest absolute Gasteiger partial charge is 0.836 e. The van der Waals surface area contributed by atoms with Gasteiger partial charge in [0.1, 0.15) is 0 Å². The van der Waals surface area contributed by atoms with Gasteiger partial charge in [-0.3, -0.25) is 0 Å². The van der Waals surface area contributed by atoms with E-state index in [2.05, 4.69) is 47.7 Å². The van der Waals surface area contributed by atoms with E-state index in [-0.39, 0.29) is 48.0 Å². The van der Waals surface area contributed by atoms with E-state index in [0.29, 0.717) is 5.71 Å². The van der Waals surface area contributed by atoms with Crippen molar-refractivity contribution in [3.63, 3.8) is 0 Å². The first-order valence-corrected chi connectivity index (χ1v) is 7.79. The second kappa shape index (κ2) is 8.74. The molecule has 1 nitrogen and oxygen atoms in total. The van der Waals surface area contributed by atoms with E-state index >= 15 is 0 Å². The predicted molar refractivity (Wildman–Crippen MR) is 84.6 cm³/mol. The summed E-state index contributed by atoms with van der Waals surface area (Å²) in [6, 6.07) is 9.77. The standard InChI is InChI=1S/C16H24NP.2Li/c1-15(2,3)18(16(4,5)6)12-14(17)13-10-8-7-9-11-13;;/h7-12H,1-6H3;;/q-2;2*+1. The third-order valence-electron chi connectivity index (χ3n) is 2.77. The van der Waals surface area contributed by atoms with Gasteiger partial charge in [-0.2, -0.15) is 13.5 Å². The first kappa shape index (κ1) is 22.7. The Labute approximate surface area is 150 Å². The van der Waals surface area contributed by atoms with E-state index in [4.69, 9.17) is 0 Å². The maximum Gasteiger partial charge on any atom is 1.00 e. The minimum absolute atomic E-state index is 0. The fourth-order valence-electron chi connectivity index (χ4n) is 2.20. The fourth-order valence-corrected chi connectivity index (χ4v) is 5.38. The van der Waals surface area contributed by atoms with Crippen LogP contribution in [0.2, 0.25) is 0 Å². The van der Waals surface area contributed by atoms with Gasteiger partial charge in [-0.25, -0.2) is 6.16 Å². The summed E-state index contributed by atoms with van der Waals surface area (Å²) in [6.45, 7) is 13.5. The Morgan fingerprint density at radius 3 is 1.65 bits per heavy atom. The molecule has 4 heteroatoms. The van der Waals surface area contributed by atoms with Crippen LogP contribution in [-0.4, -0.2) is 16.0 Å². The van der Waals surface area contributed by atoms with E-state index in [9.17, 15) is 5.41 Å². The van der Waals surface area contributed by atoms with Crippen molar-refractivity contribution in [1.29, 1.82) is 0 Å². The van der Waals surface area contributed by atoms with Crippen molar-refractivity contribution >= 4 is 13.6 Å². The SMILES string of the molecule is CC(C)(C)P([CH-]C(=[N-])c1ccccc1)C(C)(C)C.[Li+].[Li+]. The number of hydrogen-bond acceptors (Lipinski definition) is 0. The van der Waals surface area contributed by atoms with Crippen LogP contribution in [0, 0.1) is 6.16 Å². The maximum absolute atomic E-state index is 10.3. The van der Waals surface area contributed by atoms with Gasteiger partial charge >= 0.3 is 37.7 Å². The van der Waals surface area contributed by atoms with Gasteiger partial charge in [-0.1, -0.05) is 59.7 Å².